The Morgan fingerprint density at radius 1 is 0.950 bits per heavy atom. The van der Waals surface area contributed by atoms with Crippen molar-refractivity contribution in [1.29, 1.82) is 0 Å². The summed E-state index contributed by atoms with van der Waals surface area (Å²) in [4.78, 5) is 29.2. The summed E-state index contributed by atoms with van der Waals surface area (Å²) in [5.74, 6) is 0.939. The highest BCUT2D eigenvalue weighted by Gasteiger charge is 2.35. The summed E-state index contributed by atoms with van der Waals surface area (Å²) >= 11 is 12.7. The van der Waals surface area contributed by atoms with Gasteiger partial charge in [0.05, 0.1) is 36.2 Å². The van der Waals surface area contributed by atoms with Crippen LogP contribution in [0.2, 0.25) is 10.0 Å². The molecule has 0 saturated carbocycles. The number of carbonyl (C=O) groups is 1. The molecule has 8 nitrogen and oxygen atoms in total. The summed E-state index contributed by atoms with van der Waals surface area (Å²) in [6.45, 7) is 4.60. The van der Waals surface area contributed by atoms with Crippen LogP contribution >= 0.6 is 23.2 Å². The SMILES string of the molecule is O=C1N(c2ccc(Cl)cc2Cl)Cc2cnc(Nc3ccccc3)nc2N1c1cccc(CCN2CCOCC2)c1. The van der Waals surface area contributed by atoms with Crippen LogP contribution in [-0.2, 0) is 17.7 Å². The molecule has 10 heteroatoms. The van der Waals surface area contributed by atoms with Crippen LogP contribution in [0.5, 0.6) is 0 Å². The molecule has 2 amide bonds. The first-order valence-corrected chi connectivity index (χ1v) is 13.9. The van der Waals surface area contributed by atoms with E-state index in [0.29, 0.717) is 27.5 Å². The second-order valence-corrected chi connectivity index (χ2v) is 10.6. The van der Waals surface area contributed by atoms with Gasteiger partial charge in [-0.15, -0.1) is 0 Å². The summed E-state index contributed by atoms with van der Waals surface area (Å²) in [5, 5.41) is 4.14. The summed E-state index contributed by atoms with van der Waals surface area (Å²) in [5.41, 5.74) is 4.09. The number of carbonyl (C=O) groups excluding carboxylic acids is 1. The quantitative estimate of drug-likeness (QED) is 0.265. The van der Waals surface area contributed by atoms with Crippen molar-refractivity contribution in [1.82, 2.24) is 14.9 Å². The van der Waals surface area contributed by atoms with Gasteiger partial charge in [-0.2, -0.15) is 4.98 Å². The van der Waals surface area contributed by atoms with E-state index in [-0.39, 0.29) is 12.6 Å². The number of ether oxygens (including phenoxy) is 1. The summed E-state index contributed by atoms with van der Waals surface area (Å²) < 4.78 is 5.48. The maximum atomic E-state index is 14.2. The van der Waals surface area contributed by atoms with E-state index in [1.165, 1.54) is 0 Å². The Morgan fingerprint density at radius 2 is 1.77 bits per heavy atom. The van der Waals surface area contributed by atoms with Crippen molar-refractivity contribution < 1.29 is 9.53 Å². The molecule has 0 aliphatic carbocycles. The van der Waals surface area contributed by atoms with E-state index in [1.807, 2.05) is 42.5 Å². The molecule has 3 heterocycles. The van der Waals surface area contributed by atoms with Gasteiger partial charge in [-0.25, -0.2) is 14.7 Å². The molecule has 0 spiro atoms. The van der Waals surface area contributed by atoms with Gasteiger partial charge in [0, 0.05) is 42.1 Å². The molecule has 2 aliphatic heterocycles. The first-order valence-electron chi connectivity index (χ1n) is 13.2. The van der Waals surface area contributed by atoms with Crippen LogP contribution in [0.1, 0.15) is 11.1 Å². The van der Waals surface area contributed by atoms with E-state index in [0.717, 1.165) is 61.8 Å². The van der Waals surface area contributed by atoms with Crippen molar-refractivity contribution in [2.24, 2.45) is 0 Å². The van der Waals surface area contributed by atoms with Gasteiger partial charge in [-0.3, -0.25) is 9.80 Å². The maximum Gasteiger partial charge on any atom is 0.335 e. The lowest BCUT2D eigenvalue weighted by Gasteiger charge is -2.36. The van der Waals surface area contributed by atoms with Gasteiger partial charge in [0.2, 0.25) is 5.95 Å². The molecule has 0 atom stereocenters. The number of amides is 2. The third-order valence-corrected chi connectivity index (χ3v) is 7.56. The molecule has 4 aromatic rings. The van der Waals surface area contributed by atoms with E-state index in [9.17, 15) is 4.79 Å². The third-order valence-electron chi connectivity index (χ3n) is 7.02. The van der Waals surface area contributed by atoms with E-state index >= 15 is 0 Å². The lowest BCUT2D eigenvalue weighted by Crippen LogP contribution is -2.45. The van der Waals surface area contributed by atoms with Gasteiger partial charge >= 0.3 is 6.03 Å². The van der Waals surface area contributed by atoms with Gasteiger partial charge in [-0.1, -0.05) is 53.5 Å². The Balaban J connectivity index is 1.36. The van der Waals surface area contributed by atoms with Crippen molar-refractivity contribution >= 4 is 58.1 Å². The van der Waals surface area contributed by atoms with E-state index in [1.54, 1.807) is 34.2 Å². The standard InChI is InChI=1S/C30H28Cl2N6O2/c31-23-9-10-27(26(32)18-23)37-20-22-19-33-29(34-24-6-2-1-3-7-24)35-28(22)38(30(37)39)25-8-4-5-21(17-25)11-12-36-13-15-40-16-14-36/h1-10,17-19H,11-16,20H2,(H,33,34,35). The number of urea groups is 1. The minimum absolute atomic E-state index is 0.258. The predicted molar refractivity (Wildman–Crippen MR) is 159 cm³/mol. The van der Waals surface area contributed by atoms with Crippen LogP contribution in [0.25, 0.3) is 0 Å². The number of nitrogens with zero attached hydrogens (tertiary/aromatic N) is 5. The monoisotopic (exact) mass is 574 g/mol. The van der Waals surface area contributed by atoms with Crippen molar-refractivity contribution in [2.75, 3.05) is 48.0 Å². The second-order valence-electron chi connectivity index (χ2n) is 9.71. The molecule has 0 bridgehead atoms. The number of nitrogens with one attached hydrogen (secondary N) is 1. The number of benzene rings is 3. The van der Waals surface area contributed by atoms with Crippen LogP contribution in [0.4, 0.5) is 33.6 Å². The van der Waals surface area contributed by atoms with Crippen LogP contribution in [-0.4, -0.2) is 53.7 Å². The molecule has 204 valence electrons. The summed E-state index contributed by atoms with van der Waals surface area (Å²) in [6.07, 6.45) is 2.62. The molecule has 1 saturated heterocycles. The highest BCUT2D eigenvalue weighted by atomic mass is 35.5. The summed E-state index contributed by atoms with van der Waals surface area (Å²) in [7, 11) is 0. The Labute approximate surface area is 243 Å². The number of para-hydroxylation sites is 1. The van der Waals surface area contributed by atoms with Gasteiger partial charge in [-0.05, 0) is 54.4 Å². The smallest absolute Gasteiger partial charge is 0.335 e. The van der Waals surface area contributed by atoms with E-state index in [4.69, 9.17) is 32.9 Å². The lowest BCUT2D eigenvalue weighted by atomic mass is 10.1. The van der Waals surface area contributed by atoms with Crippen LogP contribution < -0.4 is 15.1 Å². The molecule has 40 heavy (non-hydrogen) atoms. The van der Waals surface area contributed by atoms with Gasteiger partial charge in [0.15, 0.2) is 5.82 Å². The lowest BCUT2D eigenvalue weighted by molar-refractivity contribution is 0.0384. The van der Waals surface area contributed by atoms with Crippen molar-refractivity contribution in [3.8, 4) is 0 Å². The average Bonchev–Trinajstić information content (AvgIpc) is 2.97. The maximum absolute atomic E-state index is 14.2. The Hall–Kier alpha value is -3.69. The fraction of sp³-hybridized carbons (Fsp3) is 0.233. The predicted octanol–water partition coefficient (Wildman–Crippen LogP) is 6.68. The van der Waals surface area contributed by atoms with Crippen LogP contribution in [0.3, 0.4) is 0 Å². The zero-order valence-corrected chi connectivity index (χ0v) is 23.3. The van der Waals surface area contributed by atoms with Gasteiger partial charge in [0.1, 0.15) is 0 Å². The van der Waals surface area contributed by atoms with Crippen molar-refractivity contribution in [3.63, 3.8) is 0 Å². The molecular formula is C30H28Cl2N6O2. The van der Waals surface area contributed by atoms with Crippen LogP contribution in [0, 0.1) is 0 Å². The zero-order chi connectivity index (χ0) is 27.5. The Bertz CT molecular complexity index is 1510. The number of hydrogen-bond acceptors (Lipinski definition) is 6. The second kappa shape index (κ2) is 11.8. The molecule has 0 unspecified atom stereocenters. The zero-order valence-electron chi connectivity index (χ0n) is 21.8. The molecule has 0 radical (unpaired) electrons. The molecule has 3 aromatic carbocycles. The Morgan fingerprint density at radius 3 is 2.58 bits per heavy atom. The van der Waals surface area contributed by atoms with Crippen molar-refractivity contribution in [2.45, 2.75) is 13.0 Å². The number of rotatable bonds is 7. The number of hydrogen-bond donors (Lipinski definition) is 1. The summed E-state index contributed by atoms with van der Waals surface area (Å²) in [6, 6.07) is 22.6. The third kappa shape index (κ3) is 5.76. The fourth-order valence-corrected chi connectivity index (χ4v) is 5.46. The highest BCUT2D eigenvalue weighted by molar-refractivity contribution is 6.37. The topological polar surface area (TPSA) is 73.8 Å². The Kier molecular flexibility index (Phi) is 7.84. The van der Waals surface area contributed by atoms with E-state index in [2.05, 4.69) is 27.3 Å². The molecule has 6 rings (SSSR count). The van der Waals surface area contributed by atoms with Crippen molar-refractivity contribution in [3.05, 3.63) is 100 Å². The highest BCUT2D eigenvalue weighted by Crippen LogP contribution is 2.39. The molecule has 1 aromatic heterocycles. The number of aromatic nitrogens is 2. The normalized spacial score (nSPS) is 15.7. The molecular weight excluding hydrogens is 547 g/mol. The fourth-order valence-electron chi connectivity index (χ4n) is 4.95. The number of anilines is 5. The first kappa shape index (κ1) is 26.5. The number of morpholine rings is 1. The number of halogens is 2. The van der Waals surface area contributed by atoms with Gasteiger partial charge in [0.25, 0.3) is 0 Å². The van der Waals surface area contributed by atoms with E-state index < -0.39 is 0 Å². The van der Waals surface area contributed by atoms with Gasteiger partial charge < -0.3 is 10.1 Å². The van der Waals surface area contributed by atoms with Crippen LogP contribution in [0.15, 0.2) is 79.0 Å². The largest absolute Gasteiger partial charge is 0.379 e. The molecule has 1 N–H and O–H groups in total. The minimum atomic E-state index is -0.258. The number of fused-ring (bicyclic) bond motifs is 1. The average molecular weight is 576 g/mol. The first-order chi connectivity index (χ1) is 19.5. The molecule has 1 fully saturated rings. The molecule has 2 aliphatic rings. The minimum Gasteiger partial charge on any atom is -0.379 e.